The number of piperidine rings is 1. The Kier molecular flexibility index (Phi) is 5.89. The molecule has 1 aliphatic heterocycles. The molecule has 2 aromatic carbocycles. The fraction of sp³-hybridized carbons (Fsp3) is 0.364. The molecule has 3 rings (SSSR count). The molecule has 1 aliphatic rings. The third-order valence-electron chi connectivity index (χ3n) is 5.19. The van der Waals surface area contributed by atoms with Gasteiger partial charge in [-0.3, -0.25) is 9.59 Å². The van der Waals surface area contributed by atoms with Crippen LogP contribution >= 0.6 is 0 Å². The summed E-state index contributed by atoms with van der Waals surface area (Å²) in [4.78, 5) is 26.8. The van der Waals surface area contributed by atoms with Crippen molar-refractivity contribution in [2.75, 3.05) is 18.4 Å². The number of halogens is 1. The van der Waals surface area contributed by atoms with Crippen molar-refractivity contribution in [3.05, 3.63) is 65.0 Å². The number of hydrogen-bond donors (Lipinski definition) is 1. The number of carbonyl (C=O) groups is 2. The number of hydrogen-bond acceptors (Lipinski definition) is 2. The summed E-state index contributed by atoms with van der Waals surface area (Å²) in [7, 11) is 0. The number of benzene rings is 2. The molecule has 0 spiro atoms. The first kappa shape index (κ1) is 19.1. The maximum Gasteiger partial charge on any atom is 0.227 e. The van der Waals surface area contributed by atoms with Crippen LogP contribution in [0.15, 0.2) is 42.5 Å². The lowest BCUT2D eigenvalue weighted by atomic mass is 9.95. The van der Waals surface area contributed by atoms with E-state index in [4.69, 9.17) is 0 Å². The summed E-state index contributed by atoms with van der Waals surface area (Å²) in [5.41, 5.74) is 3.65. The Morgan fingerprint density at radius 2 is 1.70 bits per heavy atom. The Balaban J connectivity index is 1.53. The molecule has 0 atom stereocenters. The van der Waals surface area contributed by atoms with Crippen molar-refractivity contribution in [2.24, 2.45) is 5.92 Å². The number of anilines is 1. The van der Waals surface area contributed by atoms with Gasteiger partial charge in [-0.2, -0.15) is 0 Å². The zero-order chi connectivity index (χ0) is 19.4. The molecule has 0 aromatic heterocycles. The summed E-state index contributed by atoms with van der Waals surface area (Å²) < 4.78 is 13.3. The largest absolute Gasteiger partial charge is 0.342 e. The second-order valence-electron chi connectivity index (χ2n) is 7.22. The van der Waals surface area contributed by atoms with Gasteiger partial charge in [0.2, 0.25) is 11.8 Å². The van der Waals surface area contributed by atoms with Crippen molar-refractivity contribution in [3.63, 3.8) is 0 Å². The van der Waals surface area contributed by atoms with Gasteiger partial charge in [0.1, 0.15) is 5.82 Å². The zero-order valence-electron chi connectivity index (χ0n) is 15.8. The number of para-hydroxylation sites is 1. The van der Waals surface area contributed by atoms with Crippen LogP contribution in [0.5, 0.6) is 0 Å². The van der Waals surface area contributed by atoms with Crippen molar-refractivity contribution >= 4 is 17.5 Å². The van der Waals surface area contributed by atoms with E-state index in [-0.39, 0.29) is 30.0 Å². The number of rotatable bonds is 4. The average Bonchev–Trinajstić information content (AvgIpc) is 2.65. The topological polar surface area (TPSA) is 49.4 Å². The molecule has 0 aliphatic carbocycles. The van der Waals surface area contributed by atoms with Crippen molar-refractivity contribution in [3.8, 4) is 0 Å². The maximum atomic E-state index is 13.3. The molecule has 1 heterocycles. The molecule has 5 heteroatoms. The lowest BCUT2D eigenvalue weighted by Gasteiger charge is -2.31. The summed E-state index contributed by atoms with van der Waals surface area (Å²) in [5.74, 6) is -0.428. The van der Waals surface area contributed by atoms with E-state index in [9.17, 15) is 14.0 Å². The number of nitrogens with zero attached hydrogens (tertiary/aromatic N) is 1. The third kappa shape index (κ3) is 4.73. The van der Waals surface area contributed by atoms with Crippen molar-refractivity contribution in [2.45, 2.75) is 33.1 Å². The summed E-state index contributed by atoms with van der Waals surface area (Å²) in [6, 6.07) is 12.1. The van der Waals surface area contributed by atoms with Crippen LogP contribution in [0, 0.1) is 25.6 Å². The number of nitrogens with one attached hydrogen (secondary N) is 1. The number of amides is 2. The van der Waals surface area contributed by atoms with Crippen LogP contribution in [0.2, 0.25) is 0 Å². The molecule has 0 radical (unpaired) electrons. The van der Waals surface area contributed by atoms with Gasteiger partial charge in [-0.1, -0.05) is 30.3 Å². The minimum atomic E-state index is -0.331. The highest BCUT2D eigenvalue weighted by atomic mass is 19.1. The predicted molar refractivity (Wildman–Crippen MR) is 104 cm³/mol. The van der Waals surface area contributed by atoms with Gasteiger partial charge in [-0.15, -0.1) is 0 Å². The van der Waals surface area contributed by atoms with E-state index in [1.54, 1.807) is 17.0 Å². The summed E-state index contributed by atoms with van der Waals surface area (Å²) in [6.45, 7) is 5.07. The second-order valence-corrected chi connectivity index (χ2v) is 7.22. The van der Waals surface area contributed by atoms with Gasteiger partial charge in [-0.25, -0.2) is 4.39 Å². The van der Waals surface area contributed by atoms with E-state index in [1.165, 1.54) is 12.1 Å². The molecule has 4 nitrogen and oxygen atoms in total. The quantitative estimate of drug-likeness (QED) is 0.891. The van der Waals surface area contributed by atoms with E-state index in [2.05, 4.69) is 5.32 Å². The monoisotopic (exact) mass is 368 g/mol. The lowest BCUT2D eigenvalue weighted by Crippen LogP contribution is -2.42. The molecule has 1 N–H and O–H groups in total. The Morgan fingerprint density at radius 1 is 1.07 bits per heavy atom. The highest BCUT2D eigenvalue weighted by Gasteiger charge is 2.27. The fourth-order valence-electron chi connectivity index (χ4n) is 3.56. The lowest BCUT2D eigenvalue weighted by molar-refractivity contribution is -0.133. The Bertz CT molecular complexity index is 822. The Morgan fingerprint density at radius 3 is 2.33 bits per heavy atom. The van der Waals surface area contributed by atoms with Crippen LogP contribution in [-0.4, -0.2) is 29.8 Å². The summed E-state index contributed by atoms with van der Waals surface area (Å²) >= 11 is 0. The van der Waals surface area contributed by atoms with Gasteiger partial charge in [0.25, 0.3) is 0 Å². The van der Waals surface area contributed by atoms with Crippen LogP contribution in [0.3, 0.4) is 0 Å². The van der Waals surface area contributed by atoms with E-state index in [0.717, 1.165) is 16.8 Å². The molecule has 2 aromatic rings. The molecule has 0 bridgehead atoms. The summed E-state index contributed by atoms with van der Waals surface area (Å²) in [6.07, 6.45) is 1.48. The summed E-state index contributed by atoms with van der Waals surface area (Å²) in [5, 5.41) is 3.05. The van der Waals surface area contributed by atoms with Gasteiger partial charge < -0.3 is 10.2 Å². The average molecular weight is 368 g/mol. The van der Waals surface area contributed by atoms with Gasteiger partial charge in [0.05, 0.1) is 6.42 Å². The Labute approximate surface area is 159 Å². The second kappa shape index (κ2) is 8.33. The van der Waals surface area contributed by atoms with Gasteiger partial charge in [-0.05, 0) is 55.5 Å². The minimum absolute atomic E-state index is 0.0182. The van der Waals surface area contributed by atoms with Crippen LogP contribution in [0.1, 0.15) is 29.5 Å². The third-order valence-corrected chi connectivity index (χ3v) is 5.19. The van der Waals surface area contributed by atoms with Gasteiger partial charge in [0, 0.05) is 24.7 Å². The van der Waals surface area contributed by atoms with E-state index < -0.39 is 0 Å². The first-order chi connectivity index (χ1) is 12.9. The number of carbonyl (C=O) groups excluding carboxylic acids is 2. The first-order valence-electron chi connectivity index (χ1n) is 9.33. The molecule has 2 amide bonds. The molecule has 0 unspecified atom stereocenters. The molecule has 1 fully saturated rings. The fourth-order valence-corrected chi connectivity index (χ4v) is 3.56. The van der Waals surface area contributed by atoms with Gasteiger partial charge >= 0.3 is 0 Å². The molecule has 0 saturated carbocycles. The standard InChI is InChI=1S/C22H25FN2O2/c1-15-5-3-6-16(2)21(15)24-22(27)18-9-11-25(12-10-18)20(26)14-17-7-4-8-19(23)13-17/h3-8,13,18H,9-12,14H2,1-2H3,(H,24,27). The number of likely N-dealkylation sites (tertiary alicyclic amines) is 1. The predicted octanol–water partition coefficient (Wildman–Crippen LogP) is 3.86. The highest BCUT2D eigenvalue weighted by Crippen LogP contribution is 2.24. The molecule has 27 heavy (non-hydrogen) atoms. The first-order valence-corrected chi connectivity index (χ1v) is 9.33. The van der Waals surface area contributed by atoms with Crippen LogP contribution < -0.4 is 5.32 Å². The van der Waals surface area contributed by atoms with E-state index >= 15 is 0 Å². The SMILES string of the molecule is Cc1cccc(C)c1NC(=O)C1CCN(C(=O)Cc2cccc(F)c2)CC1. The number of aryl methyl sites for hydroxylation is 2. The zero-order valence-corrected chi connectivity index (χ0v) is 15.8. The van der Waals surface area contributed by atoms with Crippen molar-refractivity contribution in [1.82, 2.24) is 4.90 Å². The van der Waals surface area contributed by atoms with Crippen LogP contribution in [-0.2, 0) is 16.0 Å². The van der Waals surface area contributed by atoms with Crippen LogP contribution in [0.4, 0.5) is 10.1 Å². The highest BCUT2D eigenvalue weighted by molar-refractivity contribution is 5.94. The van der Waals surface area contributed by atoms with E-state index in [0.29, 0.717) is 31.5 Å². The molecular weight excluding hydrogens is 343 g/mol. The maximum absolute atomic E-state index is 13.3. The minimum Gasteiger partial charge on any atom is -0.342 e. The molecule has 142 valence electrons. The molecule has 1 saturated heterocycles. The smallest absolute Gasteiger partial charge is 0.227 e. The molecular formula is C22H25FN2O2. The van der Waals surface area contributed by atoms with Gasteiger partial charge in [0.15, 0.2) is 0 Å². The van der Waals surface area contributed by atoms with E-state index in [1.807, 2.05) is 32.0 Å². The normalized spacial score (nSPS) is 14.9. The Hall–Kier alpha value is -2.69. The van der Waals surface area contributed by atoms with Crippen molar-refractivity contribution in [1.29, 1.82) is 0 Å². The van der Waals surface area contributed by atoms with Crippen LogP contribution in [0.25, 0.3) is 0 Å². The van der Waals surface area contributed by atoms with Crippen molar-refractivity contribution < 1.29 is 14.0 Å².